The highest BCUT2D eigenvalue weighted by molar-refractivity contribution is 6.10. The molecule has 0 radical (unpaired) electrons. The number of pyridine rings is 1. The van der Waals surface area contributed by atoms with Gasteiger partial charge in [0, 0.05) is 37.5 Å². The zero-order valence-corrected chi connectivity index (χ0v) is 25.0. The van der Waals surface area contributed by atoms with Gasteiger partial charge in [0.2, 0.25) is 0 Å². The van der Waals surface area contributed by atoms with Crippen molar-refractivity contribution in [1.82, 2.24) is 40.1 Å². The molecule has 2 fully saturated rings. The number of likely N-dealkylation sites (tertiary alicyclic amines) is 1. The number of ether oxygens (including phenoxy) is 1. The quantitative estimate of drug-likeness (QED) is 0.306. The Morgan fingerprint density at radius 3 is 2.81 bits per heavy atom. The molecule has 12 heteroatoms. The molecule has 224 valence electrons. The van der Waals surface area contributed by atoms with Crippen molar-refractivity contribution in [2.24, 2.45) is 13.0 Å². The van der Waals surface area contributed by atoms with E-state index in [9.17, 15) is 4.79 Å². The van der Waals surface area contributed by atoms with E-state index in [0.717, 1.165) is 53.4 Å². The van der Waals surface area contributed by atoms with E-state index < -0.39 is 0 Å². The maximum absolute atomic E-state index is 14.0. The van der Waals surface area contributed by atoms with Crippen molar-refractivity contribution >= 4 is 17.5 Å². The largest absolute Gasteiger partial charge is 0.379 e. The SMILES string of the molecule is Cc1cc(CN2CCC[C@H](C)C2)cc2c1CN(c1cc(C3(Cc4nncn4C)COC3)cc(NCc3cn[nH]n3)n1)C2=O. The van der Waals surface area contributed by atoms with Crippen LogP contribution in [0.4, 0.5) is 11.6 Å². The van der Waals surface area contributed by atoms with Gasteiger partial charge in [-0.05, 0) is 72.7 Å². The number of aromatic nitrogens is 7. The van der Waals surface area contributed by atoms with E-state index in [1.807, 2.05) is 16.5 Å². The highest BCUT2D eigenvalue weighted by Gasteiger charge is 2.43. The van der Waals surface area contributed by atoms with Gasteiger partial charge < -0.3 is 14.6 Å². The molecule has 7 rings (SSSR count). The van der Waals surface area contributed by atoms with Crippen molar-refractivity contribution in [2.45, 2.75) is 58.2 Å². The zero-order chi connectivity index (χ0) is 29.6. The highest BCUT2D eigenvalue weighted by Crippen LogP contribution is 2.39. The van der Waals surface area contributed by atoms with Gasteiger partial charge in [-0.15, -0.1) is 10.2 Å². The van der Waals surface area contributed by atoms with Crippen molar-refractivity contribution in [1.29, 1.82) is 0 Å². The highest BCUT2D eigenvalue weighted by atomic mass is 16.5. The number of piperidine rings is 1. The second kappa shape index (κ2) is 11.2. The molecule has 2 N–H and O–H groups in total. The van der Waals surface area contributed by atoms with E-state index in [4.69, 9.17) is 9.72 Å². The van der Waals surface area contributed by atoms with Crippen molar-refractivity contribution < 1.29 is 9.53 Å². The van der Waals surface area contributed by atoms with Crippen LogP contribution in [0.15, 0.2) is 36.8 Å². The molecular formula is C31H38N10O2. The van der Waals surface area contributed by atoms with Gasteiger partial charge in [-0.1, -0.05) is 13.0 Å². The topological polar surface area (TPSA) is 130 Å². The molecule has 0 saturated carbocycles. The number of nitrogens with one attached hydrogen (secondary N) is 2. The van der Waals surface area contributed by atoms with Gasteiger partial charge in [0.15, 0.2) is 0 Å². The van der Waals surface area contributed by atoms with E-state index >= 15 is 0 Å². The van der Waals surface area contributed by atoms with Crippen LogP contribution in [0.25, 0.3) is 0 Å². The molecule has 0 aliphatic carbocycles. The maximum atomic E-state index is 14.0. The van der Waals surface area contributed by atoms with E-state index in [-0.39, 0.29) is 11.3 Å². The van der Waals surface area contributed by atoms with Crippen LogP contribution >= 0.6 is 0 Å². The molecule has 2 saturated heterocycles. The van der Waals surface area contributed by atoms with Crippen LogP contribution in [-0.4, -0.2) is 72.3 Å². The van der Waals surface area contributed by atoms with Crippen LogP contribution in [0.5, 0.6) is 0 Å². The summed E-state index contributed by atoms with van der Waals surface area (Å²) in [6.45, 7) is 9.59. The zero-order valence-electron chi connectivity index (χ0n) is 25.0. The number of anilines is 2. The summed E-state index contributed by atoms with van der Waals surface area (Å²) in [5.74, 6) is 2.88. The molecule has 3 aliphatic rings. The Morgan fingerprint density at radius 2 is 2.09 bits per heavy atom. The summed E-state index contributed by atoms with van der Waals surface area (Å²) in [5.41, 5.74) is 5.73. The van der Waals surface area contributed by atoms with Gasteiger partial charge >= 0.3 is 0 Å². The molecule has 1 amide bonds. The van der Waals surface area contributed by atoms with Crippen LogP contribution in [0.1, 0.15) is 63.9 Å². The summed E-state index contributed by atoms with van der Waals surface area (Å²) < 4.78 is 7.71. The fraction of sp³-hybridized carbons (Fsp3) is 0.484. The molecule has 1 aromatic carbocycles. The minimum atomic E-state index is -0.299. The molecule has 4 aromatic rings. The van der Waals surface area contributed by atoms with Crippen LogP contribution in [-0.2, 0) is 43.3 Å². The number of aryl methyl sites for hydroxylation is 2. The lowest BCUT2D eigenvalue weighted by Gasteiger charge is -2.42. The maximum Gasteiger partial charge on any atom is 0.260 e. The van der Waals surface area contributed by atoms with Crippen LogP contribution in [0.2, 0.25) is 0 Å². The number of carbonyl (C=O) groups is 1. The van der Waals surface area contributed by atoms with Gasteiger partial charge in [0.1, 0.15) is 29.5 Å². The number of carbonyl (C=O) groups excluding carboxylic acids is 1. The average molecular weight is 583 g/mol. The molecule has 6 heterocycles. The minimum Gasteiger partial charge on any atom is -0.379 e. The molecular weight excluding hydrogens is 544 g/mol. The molecule has 12 nitrogen and oxygen atoms in total. The summed E-state index contributed by atoms with van der Waals surface area (Å²) in [5, 5.41) is 22.5. The first kappa shape index (κ1) is 27.7. The molecule has 0 unspecified atom stereocenters. The number of hydrogen-bond donors (Lipinski definition) is 2. The average Bonchev–Trinajstić information content (AvgIpc) is 3.71. The Kier molecular flexibility index (Phi) is 7.18. The Hall–Kier alpha value is -4.16. The summed E-state index contributed by atoms with van der Waals surface area (Å²) in [6.07, 6.45) is 6.59. The Morgan fingerprint density at radius 1 is 1.21 bits per heavy atom. The minimum absolute atomic E-state index is 0.00808. The van der Waals surface area contributed by atoms with Crippen LogP contribution in [0.3, 0.4) is 0 Å². The first-order valence-electron chi connectivity index (χ1n) is 15.1. The van der Waals surface area contributed by atoms with Gasteiger partial charge in [-0.2, -0.15) is 15.4 Å². The Balaban J connectivity index is 1.20. The Bertz CT molecular complexity index is 1630. The predicted molar refractivity (Wildman–Crippen MR) is 161 cm³/mol. The van der Waals surface area contributed by atoms with Gasteiger partial charge in [0.05, 0.1) is 32.5 Å². The van der Waals surface area contributed by atoms with Gasteiger partial charge in [-0.25, -0.2) is 4.98 Å². The fourth-order valence-corrected chi connectivity index (χ4v) is 6.66. The lowest BCUT2D eigenvalue weighted by molar-refractivity contribution is -0.0611. The third kappa shape index (κ3) is 5.40. The van der Waals surface area contributed by atoms with E-state index in [0.29, 0.717) is 50.3 Å². The standard InChI is InChI=1S/C31H38N10O2/c1-20-5-4-6-40(14-20)15-22-7-21(2)26-16-41(30(42)25(26)8-22)28-10-23(9-27(35-28)32-12-24-13-33-38-36-24)31(17-43-18-31)11-29-37-34-19-39(29)3/h7-10,13,19-20H,4-6,11-12,14-18H2,1-3H3,(H,32,35)(H,33,36,38)/t20-/m0/s1. The predicted octanol–water partition coefficient (Wildman–Crippen LogP) is 3.15. The number of benzene rings is 1. The number of aromatic amines is 1. The van der Waals surface area contributed by atoms with Crippen molar-refractivity contribution in [3.05, 3.63) is 76.1 Å². The number of H-pyrrole nitrogens is 1. The molecule has 0 spiro atoms. The number of hydrogen-bond acceptors (Lipinski definition) is 9. The summed E-state index contributed by atoms with van der Waals surface area (Å²) in [4.78, 5) is 23.3. The molecule has 3 aromatic heterocycles. The number of nitrogens with zero attached hydrogens (tertiary/aromatic N) is 8. The normalized spacial score (nSPS) is 19.8. The van der Waals surface area contributed by atoms with Crippen LogP contribution in [0, 0.1) is 12.8 Å². The van der Waals surface area contributed by atoms with Gasteiger partial charge in [-0.3, -0.25) is 14.6 Å². The number of rotatable bonds is 9. The molecule has 3 aliphatic heterocycles. The van der Waals surface area contributed by atoms with E-state index in [1.54, 1.807) is 12.5 Å². The van der Waals surface area contributed by atoms with Crippen LogP contribution < -0.4 is 10.2 Å². The first-order chi connectivity index (χ1) is 20.9. The summed E-state index contributed by atoms with van der Waals surface area (Å²) in [7, 11) is 1.95. The van der Waals surface area contributed by atoms with Crippen molar-refractivity contribution in [3.63, 3.8) is 0 Å². The molecule has 1 atom stereocenters. The lowest BCUT2D eigenvalue weighted by Crippen LogP contribution is -2.49. The second-order valence-corrected chi connectivity index (χ2v) is 12.5. The van der Waals surface area contributed by atoms with E-state index in [2.05, 4.69) is 73.9 Å². The number of fused-ring (bicyclic) bond motifs is 1. The van der Waals surface area contributed by atoms with Gasteiger partial charge in [0.25, 0.3) is 5.91 Å². The van der Waals surface area contributed by atoms with Crippen molar-refractivity contribution in [2.75, 3.05) is 36.5 Å². The third-order valence-corrected chi connectivity index (χ3v) is 9.15. The monoisotopic (exact) mass is 582 g/mol. The summed E-state index contributed by atoms with van der Waals surface area (Å²) >= 11 is 0. The third-order valence-electron chi connectivity index (χ3n) is 9.15. The first-order valence-corrected chi connectivity index (χ1v) is 15.1. The fourth-order valence-electron chi connectivity index (χ4n) is 6.66. The van der Waals surface area contributed by atoms with E-state index in [1.165, 1.54) is 18.4 Å². The molecule has 0 bridgehead atoms. The summed E-state index contributed by atoms with van der Waals surface area (Å²) in [6, 6.07) is 8.46. The number of amides is 1. The second-order valence-electron chi connectivity index (χ2n) is 12.5. The lowest BCUT2D eigenvalue weighted by atomic mass is 9.75. The van der Waals surface area contributed by atoms with Crippen molar-refractivity contribution in [3.8, 4) is 0 Å². The Labute approximate surface area is 250 Å². The molecule has 43 heavy (non-hydrogen) atoms. The smallest absolute Gasteiger partial charge is 0.260 e.